The molecule has 0 saturated carbocycles. The quantitative estimate of drug-likeness (QED) is 0.795. The van der Waals surface area contributed by atoms with Crippen LogP contribution in [-0.4, -0.2) is 59.3 Å². The van der Waals surface area contributed by atoms with Gasteiger partial charge in [-0.05, 0) is 32.5 Å². The van der Waals surface area contributed by atoms with E-state index in [1.807, 2.05) is 27.1 Å². The zero-order chi connectivity index (χ0) is 15.9. The number of aliphatic hydroxyl groups excluding tert-OH is 1. The number of aryl methyl sites for hydroxylation is 2. The van der Waals surface area contributed by atoms with Gasteiger partial charge in [-0.25, -0.2) is 9.97 Å². The molecule has 0 bridgehead atoms. The van der Waals surface area contributed by atoms with Crippen LogP contribution in [0.1, 0.15) is 11.3 Å². The SMILES string of the molecule is CNc1cc(NC2CN(C)CC2O)nc2nc(C)cc(C)c12. The van der Waals surface area contributed by atoms with Crippen molar-refractivity contribution in [3.8, 4) is 0 Å². The molecule has 1 aliphatic heterocycles. The van der Waals surface area contributed by atoms with E-state index in [4.69, 9.17) is 0 Å². The lowest BCUT2D eigenvalue weighted by atomic mass is 10.1. The van der Waals surface area contributed by atoms with Crippen LogP contribution in [0, 0.1) is 13.8 Å². The molecule has 22 heavy (non-hydrogen) atoms. The maximum absolute atomic E-state index is 10.1. The van der Waals surface area contributed by atoms with Gasteiger partial charge in [0.1, 0.15) is 5.82 Å². The first-order valence-electron chi connectivity index (χ1n) is 7.58. The van der Waals surface area contributed by atoms with Crippen molar-refractivity contribution < 1.29 is 5.11 Å². The summed E-state index contributed by atoms with van der Waals surface area (Å²) in [5, 5.41) is 17.7. The molecule has 1 aliphatic rings. The van der Waals surface area contributed by atoms with E-state index in [2.05, 4.69) is 38.5 Å². The Morgan fingerprint density at radius 2 is 2.00 bits per heavy atom. The lowest BCUT2D eigenvalue weighted by molar-refractivity contribution is 0.174. The number of aliphatic hydroxyl groups is 1. The fraction of sp³-hybridized carbons (Fsp3) is 0.500. The maximum Gasteiger partial charge on any atom is 0.164 e. The van der Waals surface area contributed by atoms with E-state index in [9.17, 15) is 5.11 Å². The average Bonchev–Trinajstić information content (AvgIpc) is 2.75. The second-order valence-electron chi connectivity index (χ2n) is 6.12. The van der Waals surface area contributed by atoms with Crippen LogP contribution in [0.4, 0.5) is 11.5 Å². The molecule has 1 fully saturated rings. The van der Waals surface area contributed by atoms with Gasteiger partial charge in [-0.15, -0.1) is 0 Å². The molecule has 0 aliphatic carbocycles. The number of fused-ring (bicyclic) bond motifs is 1. The Labute approximate surface area is 130 Å². The van der Waals surface area contributed by atoms with Gasteiger partial charge in [0.2, 0.25) is 0 Å². The molecule has 3 N–H and O–H groups in total. The molecular weight excluding hydrogens is 278 g/mol. The average molecular weight is 301 g/mol. The molecule has 0 spiro atoms. The van der Waals surface area contributed by atoms with Gasteiger partial charge in [-0.3, -0.25) is 0 Å². The summed E-state index contributed by atoms with van der Waals surface area (Å²) in [6.45, 7) is 5.53. The van der Waals surface area contributed by atoms with Crippen LogP contribution < -0.4 is 10.6 Å². The van der Waals surface area contributed by atoms with Gasteiger partial charge in [0, 0.05) is 43.0 Å². The zero-order valence-corrected chi connectivity index (χ0v) is 13.5. The number of rotatable bonds is 3. The minimum atomic E-state index is -0.382. The third-order valence-electron chi connectivity index (χ3n) is 4.18. The van der Waals surface area contributed by atoms with Crippen LogP contribution in [0.15, 0.2) is 12.1 Å². The van der Waals surface area contributed by atoms with E-state index in [1.165, 1.54) is 0 Å². The molecule has 0 amide bonds. The van der Waals surface area contributed by atoms with Gasteiger partial charge < -0.3 is 20.6 Å². The summed E-state index contributed by atoms with van der Waals surface area (Å²) in [6, 6.07) is 4.04. The van der Waals surface area contributed by atoms with Crippen molar-refractivity contribution in [1.82, 2.24) is 14.9 Å². The Morgan fingerprint density at radius 3 is 2.64 bits per heavy atom. The van der Waals surface area contributed by atoms with Crippen LogP contribution in [-0.2, 0) is 0 Å². The lowest BCUT2D eigenvalue weighted by Crippen LogP contribution is -2.32. The van der Waals surface area contributed by atoms with E-state index >= 15 is 0 Å². The summed E-state index contributed by atoms with van der Waals surface area (Å²) in [7, 11) is 3.90. The summed E-state index contributed by atoms with van der Waals surface area (Å²) in [5.41, 5.74) is 3.84. The molecule has 0 radical (unpaired) electrons. The molecule has 2 atom stereocenters. The number of hydrogen-bond donors (Lipinski definition) is 3. The van der Waals surface area contributed by atoms with Crippen LogP contribution in [0.2, 0.25) is 0 Å². The molecule has 6 nitrogen and oxygen atoms in total. The Morgan fingerprint density at radius 1 is 1.23 bits per heavy atom. The third-order valence-corrected chi connectivity index (χ3v) is 4.18. The predicted octanol–water partition coefficient (Wildman–Crippen LogP) is 1.38. The van der Waals surface area contributed by atoms with Crippen molar-refractivity contribution >= 4 is 22.5 Å². The van der Waals surface area contributed by atoms with Crippen LogP contribution in [0.5, 0.6) is 0 Å². The summed E-state index contributed by atoms with van der Waals surface area (Å²) in [6.07, 6.45) is -0.382. The molecule has 3 heterocycles. The van der Waals surface area contributed by atoms with Crippen molar-refractivity contribution in [2.75, 3.05) is 37.8 Å². The Kier molecular flexibility index (Phi) is 3.88. The molecular formula is C16H23N5O. The standard InChI is InChI=1S/C16H23N5O/c1-9-5-10(2)18-16-15(9)11(17-3)6-14(20-16)19-12-7-21(4)8-13(12)22/h5-6,12-13,22H,7-8H2,1-4H3,(H2,17,18,19,20). The van der Waals surface area contributed by atoms with Crippen LogP contribution in [0.25, 0.3) is 11.0 Å². The fourth-order valence-corrected chi connectivity index (χ4v) is 3.17. The summed E-state index contributed by atoms with van der Waals surface area (Å²) >= 11 is 0. The maximum atomic E-state index is 10.1. The van der Waals surface area contributed by atoms with E-state index in [0.29, 0.717) is 6.54 Å². The molecule has 1 saturated heterocycles. The lowest BCUT2D eigenvalue weighted by Gasteiger charge is -2.18. The number of likely N-dealkylation sites (N-methyl/N-ethyl adjacent to an activating group) is 1. The van der Waals surface area contributed by atoms with Crippen LogP contribution >= 0.6 is 0 Å². The smallest absolute Gasteiger partial charge is 0.164 e. The number of anilines is 2. The number of likely N-dealkylation sites (tertiary alicyclic amines) is 1. The molecule has 118 valence electrons. The molecule has 3 rings (SSSR count). The molecule has 6 heteroatoms. The third kappa shape index (κ3) is 2.71. The van der Waals surface area contributed by atoms with Gasteiger partial charge in [0.05, 0.1) is 12.1 Å². The Bertz CT molecular complexity index is 702. The van der Waals surface area contributed by atoms with Crippen molar-refractivity contribution in [2.24, 2.45) is 0 Å². The van der Waals surface area contributed by atoms with Gasteiger partial charge in [-0.2, -0.15) is 0 Å². The first-order valence-corrected chi connectivity index (χ1v) is 7.58. The summed E-state index contributed by atoms with van der Waals surface area (Å²) in [4.78, 5) is 11.3. The largest absolute Gasteiger partial charge is 0.390 e. The summed E-state index contributed by atoms with van der Waals surface area (Å²) < 4.78 is 0. The van der Waals surface area contributed by atoms with Gasteiger partial charge in [0.15, 0.2) is 5.65 Å². The van der Waals surface area contributed by atoms with E-state index in [0.717, 1.165) is 40.3 Å². The monoisotopic (exact) mass is 301 g/mol. The minimum Gasteiger partial charge on any atom is -0.390 e. The first-order chi connectivity index (χ1) is 10.5. The predicted molar refractivity (Wildman–Crippen MR) is 89.5 cm³/mol. The zero-order valence-electron chi connectivity index (χ0n) is 13.5. The number of nitrogens with one attached hydrogen (secondary N) is 2. The minimum absolute atomic E-state index is 0.00874. The van der Waals surface area contributed by atoms with Crippen molar-refractivity contribution in [3.63, 3.8) is 0 Å². The van der Waals surface area contributed by atoms with Gasteiger partial charge in [-0.1, -0.05) is 0 Å². The van der Waals surface area contributed by atoms with E-state index < -0.39 is 0 Å². The molecule has 2 unspecified atom stereocenters. The second kappa shape index (κ2) is 5.70. The van der Waals surface area contributed by atoms with Gasteiger partial charge in [0.25, 0.3) is 0 Å². The highest BCUT2D eigenvalue weighted by molar-refractivity contribution is 5.93. The van der Waals surface area contributed by atoms with Crippen molar-refractivity contribution in [3.05, 3.63) is 23.4 Å². The molecule has 2 aromatic rings. The number of nitrogens with zero attached hydrogens (tertiary/aromatic N) is 3. The number of β-amino-alcohol motifs (C(OH)–C–C–N with tert-alkyl or cyclic N) is 1. The highest BCUT2D eigenvalue weighted by atomic mass is 16.3. The Hall–Kier alpha value is -1.92. The molecule has 2 aromatic heterocycles. The van der Waals surface area contributed by atoms with Crippen molar-refractivity contribution in [1.29, 1.82) is 0 Å². The highest BCUT2D eigenvalue weighted by Crippen LogP contribution is 2.28. The van der Waals surface area contributed by atoms with E-state index in [-0.39, 0.29) is 12.1 Å². The Balaban J connectivity index is 2.00. The second-order valence-corrected chi connectivity index (χ2v) is 6.12. The molecule has 0 aromatic carbocycles. The van der Waals surface area contributed by atoms with Gasteiger partial charge >= 0.3 is 0 Å². The number of pyridine rings is 2. The summed E-state index contributed by atoms with van der Waals surface area (Å²) in [5.74, 6) is 0.744. The van der Waals surface area contributed by atoms with E-state index in [1.54, 1.807) is 0 Å². The number of hydrogen-bond acceptors (Lipinski definition) is 6. The first kappa shape index (κ1) is 15.0. The highest BCUT2D eigenvalue weighted by Gasteiger charge is 2.29. The normalized spacial score (nSPS) is 22.2. The van der Waals surface area contributed by atoms with Crippen molar-refractivity contribution in [2.45, 2.75) is 26.0 Å². The topological polar surface area (TPSA) is 73.3 Å². The number of aromatic nitrogens is 2. The van der Waals surface area contributed by atoms with Crippen LogP contribution in [0.3, 0.4) is 0 Å². The fourth-order valence-electron chi connectivity index (χ4n) is 3.17.